The van der Waals surface area contributed by atoms with Gasteiger partial charge in [-0.25, -0.2) is 0 Å². The summed E-state index contributed by atoms with van der Waals surface area (Å²) in [5.74, 6) is 1.84. The van der Waals surface area contributed by atoms with Crippen molar-refractivity contribution >= 4 is 73.9 Å². The predicted molar refractivity (Wildman–Crippen MR) is 111 cm³/mol. The van der Waals surface area contributed by atoms with E-state index >= 15 is 0 Å². The molecule has 0 heterocycles. The Bertz CT molecular complexity index is 683. The van der Waals surface area contributed by atoms with Gasteiger partial charge in [0.05, 0.1) is 10.0 Å². The summed E-state index contributed by atoms with van der Waals surface area (Å²) in [5.41, 5.74) is 2.12. The Balaban J connectivity index is 1.65. The fourth-order valence-corrected chi connectivity index (χ4v) is 3.54. The summed E-state index contributed by atoms with van der Waals surface area (Å²) in [6.07, 6.45) is 0. The van der Waals surface area contributed by atoms with E-state index in [-0.39, 0.29) is 0 Å². The molecule has 0 saturated heterocycles. The number of anilines is 1. The summed E-state index contributed by atoms with van der Waals surface area (Å²) in [7, 11) is 0. The lowest BCUT2D eigenvalue weighted by molar-refractivity contribution is 0.990. The van der Waals surface area contributed by atoms with Crippen LogP contribution in [0.3, 0.4) is 0 Å². The zero-order valence-corrected chi connectivity index (χ0v) is 16.8. The van der Waals surface area contributed by atoms with E-state index in [1.54, 1.807) is 0 Å². The molecule has 2 nitrogen and oxygen atoms in total. The normalized spacial score (nSPS) is 10.4. The van der Waals surface area contributed by atoms with Crippen molar-refractivity contribution in [1.82, 2.24) is 5.32 Å². The Morgan fingerprint density at radius 3 is 2.70 bits per heavy atom. The summed E-state index contributed by atoms with van der Waals surface area (Å²) in [6.45, 7) is 0.797. The maximum atomic E-state index is 6.00. The van der Waals surface area contributed by atoms with Crippen LogP contribution in [0.2, 0.25) is 10.0 Å². The Labute approximate surface area is 164 Å². The molecule has 0 spiro atoms. The van der Waals surface area contributed by atoms with Gasteiger partial charge in [-0.15, -0.1) is 0 Å². The minimum Gasteiger partial charge on any atom is -0.362 e. The maximum absolute atomic E-state index is 6.00. The Kier molecular flexibility index (Phi) is 7.99. The first-order valence-corrected chi connectivity index (χ1v) is 9.98. The molecule has 0 bridgehead atoms. The highest BCUT2D eigenvalue weighted by atomic mass is 79.9. The van der Waals surface area contributed by atoms with Crippen LogP contribution in [0.15, 0.2) is 46.9 Å². The molecule has 0 aliphatic rings. The molecule has 0 atom stereocenters. The highest BCUT2D eigenvalue weighted by Crippen LogP contribution is 2.24. The molecule has 2 N–H and O–H groups in total. The highest BCUT2D eigenvalue weighted by molar-refractivity contribution is 9.10. The van der Waals surface area contributed by atoms with Crippen LogP contribution >= 0.6 is 63.1 Å². The monoisotopic (exact) mass is 448 g/mol. The maximum Gasteiger partial charge on any atom is 0.170 e. The van der Waals surface area contributed by atoms with Crippen LogP contribution in [0, 0.1) is 0 Å². The van der Waals surface area contributed by atoms with E-state index in [0.717, 1.165) is 28.2 Å². The Morgan fingerprint density at radius 2 is 1.96 bits per heavy atom. The van der Waals surface area contributed by atoms with E-state index in [9.17, 15) is 0 Å². The summed E-state index contributed by atoms with van der Waals surface area (Å²) in [5, 5.41) is 8.16. The van der Waals surface area contributed by atoms with Crippen LogP contribution in [0.4, 0.5) is 5.69 Å². The molecule has 2 aromatic carbocycles. The van der Waals surface area contributed by atoms with Gasteiger partial charge >= 0.3 is 0 Å². The van der Waals surface area contributed by atoms with Gasteiger partial charge in [-0.3, -0.25) is 0 Å². The number of thiocarbonyl (C=S) groups is 1. The summed E-state index contributed by atoms with van der Waals surface area (Å²) in [6, 6.07) is 13.6. The second kappa shape index (κ2) is 9.74. The number of hydrogen-bond donors (Lipinski definition) is 2. The molecular weight excluding hydrogens is 435 g/mol. The summed E-state index contributed by atoms with van der Waals surface area (Å²) in [4.78, 5) is 0. The van der Waals surface area contributed by atoms with Crippen LogP contribution in [0.5, 0.6) is 0 Å². The van der Waals surface area contributed by atoms with Crippen LogP contribution < -0.4 is 10.6 Å². The smallest absolute Gasteiger partial charge is 0.170 e. The second-order valence-corrected chi connectivity index (χ2v) is 7.94. The average molecular weight is 450 g/mol. The van der Waals surface area contributed by atoms with Crippen molar-refractivity contribution in [2.24, 2.45) is 0 Å². The molecular formula is C16H15BrCl2N2S2. The lowest BCUT2D eigenvalue weighted by Gasteiger charge is -2.10. The van der Waals surface area contributed by atoms with Crippen LogP contribution in [0.1, 0.15) is 5.56 Å². The lowest BCUT2D eigenvalue weighted by atomic mass is 10.2. The van der Waals surface area contributed by atoms with Crippen molar-refractivity contribution < 1.29 is 0 Å². The average Bonchev–Trinajstić information content (AvgIpc) is 2.50. The fourth-order valence-electron chi connectivity index (χ4n) is 1.80. The van der Waals surface area contributed by atoms with Gasteiger partial charge in [-0.05, 0) is 48.1 Å². The number of halogens is 3. The molecule has 0 radical (unpaired) electrons. The molecule has 23 heavy (non-hydrogen) atoms. The zero-order chi connectivity index (χ0) is 16.7. The third kappa shape index (κ3) is 6.89. The van der Waals surface area contributed by atoms with E-state index in [0.29, 0.717) is 15.2 Å². The Morgan fingerprint density at radius 1 is 1.13 bits per heavy atom. The summed E-state index contributed by atoms with van der Waals surface area (Å²) >= 11 is 22.4. The molecule has 2 rings (SSSR count). The highest BCUT2D eigenvalue weighted by Gasteiger charge is 2.01. The van der Waals surface area contributed by atoms with E-state index in [2.05, 4.69) is 26.6 Å². The van der Waals surface area contributed by atoms with Gasteiger partial charge in [0.15, 0.2) is 5.11 Å². The lowest BCUT2D eigenvalue weighted by Crippen LogP contribution is -2.30. The molecule has 0 unspecified atom stereocenters. The third-order valence-electron chi connectivity index (χ3n) is 2.87. The van der Waals surface area contributed by atoms with E-state index in [1.807, 2.05) is 54.2 Å². The van der Waals surface area contributed by atoms with Crippen molar-refractivity contribution in [3.63, 3.8) is 0 Å². The van der Waals surface area contributed by atoms with Crippen molar-refractivity contribution in [3.8, 4) is 0 Å². The first-order valence-electron chi connectivity index (χ1n) is 6.86. The van der Waals surface area contributed by atoms with Gasteiger partial charge in [-0.1, -0.05) is 51.3 Å². The summed E-state index contributed by atoms with van der Waals surface area (Å²) < 4.78 is 1.02. The van der Waals surface area contributed by atoms with Gasteiger partial charge in [0.25, 0.3) is 0 Å². The van der Waals surface area contributed by atoms with Crippen LogP contribution in [-0.2, 0) is 5.75 Å². The molecule has 0 aliphatic heterocycles. The van der Waals surface area contributed by atoms with Crippen molar-refractivity contribution in [1.29, 1.82) is 0 Å². The third-order valence-corrected chi connectivity index (χ3v) is 5.38. The number of nitrogens with one attached hydrogen (secondary N) is 2. The van der Waals surface area contributed by atoms with Crippen molar-refractivity contribution in [2.45, 2.75) is 5.75 Å². The predicted octanol–water partition coefficient (Wildman–Crippen LogP) is 5.98. The van der Waals surface area contributed by atoms with Gasteiger partial charge in [0.2, 0.25) is 0 Å². The van der Waals surface area contributed by atoms with Crippen LogP contribution in [-0.4, -0.2) is 17.4 Å². The number of thioether (sulfide) groups is 1. The number of rotatable bonds is 6. The zero-order valence-electron chi connectivity index (χ0n) is 12.1. The number of benzene rings is 2. The topological polar surface area (TPSA) is 24.1 Å². The molecule has 0 aliphatic carbocycles. The number of hydrogen-bond acceptors (Lipinski definition) is 2. The van der Waals surface area contributed by atoms with Gasteiger partial charge in [0.1, 0.15) is 0 Å². The molecule has 0 amide bonds. The SMILES string of the molecule is S=C(NCCSCc1ccc(Cl)c(Cl)c1)Nc1cccc(Br)c1. The first kappa shape index (κ1) is 18.9. The van der Waals surface area contributed by atoms with Gasteiger partial charge in [-0.2, -0.15) is 11.8 Å². The molecule has 2 aromatic rings. The van der Waals surface area contributed by atoms with Crippen molar-refractivity contribution in [2.75, 3.05) is 17.6 Å². The molecule has 0 aromatic heterocycles. The second-order valence-electron chi connectivity index (χ2n) is 4.69. The quantitative estimate of drug-likeness (QED) is 0.418. The molecule has 0 saturated carbocycles. The molecule has 122 valence electrons. The minimum absolute atomic E-state index is 0.589. The molecule has 0 fully saturated rings. The van der Waals surface area contributed by atoms with Gasteiger partial charge < -0.3 is 10.6 Å². The fraction of sp³-hybridized carbons (Fsp3) is 0.188. The Hall–Kier alpha value is -0.460. The standard InChI is InChI=1S/C16H15BrCl2N2S2/c17-12-2-1-3-13(9-12)21-16(22)20-6-7-23-10-11-4-5-14(18)15(19)8-11/h1-5,8-9H,6-7,10H2,(H2,20,21,22). The largest absolute Gasteiger partial charge is 0.362 e. The molecule has 7 heteroatoms. The first-order chi connectivity index (χ1) is 11.0. The van der Waals surface area contributed by atoms with E-state index < -0.39 is 0 Å². The van der Waals surface area contributed by atoms with Crippen LogP contribution in [0.25, 0.3) is 0 Å². The van der Waals surface area contributed by atoms with Crippen molar-refractivity contribution in [3.05, 3.63) is 62.5 Å². The van der Waals surface area contributed by atoms with Gasteiger partial charge in [0, 0.05) is 28.2 Å². The van der Waals surface area contributed by atoms with E-state index in [1.165, 1.54) is 5.56 Å². The minimum atomic E-state index is 0.589. The van der Waals surface area contributed by atoms with E-state index in [4.69, 9.17) is 35.4 Å².